The van der Waals surface area contributed by atoms with Crippen molar-refractivity contribution in [3.05, 3.63) is 53.5 Å². The van der Waals surface area contributed by atoms with E-state index in [4.69, 9.17) is 4.42 Å². The van der Waals surface area contributed by atoms with E-state index in [0.717, 1.165) is 26.3 Å². The van der Waals surface area contributed by atoms with Gasteiger partial charge in [0.25, 0.3) is 5.22 Å². The summed E-state index contributed by atoms with van der Waals surface area (Å²) in [5, 5.41) is 4.29. The number of para-hydroxylation sites is 3. The SMILES string of the molecule is O=C(CSc1nc2ccccc2o1)NCc1nc2ccccc2s1. The second kappa shape index (κ2) is 6.62. The lowest BCUT2D eigenvalue weighted by atomic mass is 10.3. The standard InChI is InChI=1S/C17H13N3O2S2/c21-15(10-23-17-20-11-5-1-3-7-13(11)22-17)18-9-16-19-12-6-2-4-8-14(12)24-16/h1-8H,9-10H2,(H,18,21). The monoisotopic (exact) mass is 355 g/mol. The second-order valence-corrected chi connectivity index (χ2v) is 7.13. The van der Waals surface area contributed by atoms with Gasteiger partial charge in [0.1, 0.15) is 10.5 Å². The third-order valence-electron chi connectivity index (χ3n) is 3.38. The highest BCUT2D eigenvalue weighted by Crippen LogP contribution is 2.23. The maximum atomic E-state index is 12.0. The number of hydrogen-bond donors (Lipinski definition) is 1. The molecule has 0 atom stereocenters. The van der Waals surface area contributed by atoms with Crippen molar-refractivity contribution in [2.75, 3.05) is 5.75 Å². The molecular weight excluding hydrogens is 342 g/mol. The molecule has 7 heteroatoms. The summed E-state index contributed by atoms with van der Waals surface area (Å²) < 4.78 is 6.71. The Kier molecular flexibility index (Phi) is 4.18. The van der Waals surface area contributed by atoms with E-state index in [1.807, 2.05) is 48.5 Å². The van der Waals surface area contributed by atoms with Crippen LogP contribution in [0.1, 0.15) is 5.01 Å². The molecule has 2 aromatic heterocycles. The lowest BCUT2D eigenvalue weighted by Gasteiger charge is -2.00. The van der Waals surface area contributed by atoms with Crippen molar-refractivity contribution in [2.45, 2.75) is 11.8 Å². The van der Waals surface area contributed by atoms with E-state index in [1.54, 1.807) is 11.3 Å². The maximum absolute atomic E-state index is 12.0. The lowest BCUT2D eigenvalue weighted by molar-refractivity contribution is -0.118. The van der Waals surface area contributed by atoms with Crippen LogP contribution < -0.4 is 5.32 Å². The zero-order valence-electron chi connectivity index (χ0n) is 12.6. The summed E-state index contributed by atoms with van der Waals surface area (Å²) in [6.45, 7) is 0.437. The van der Waals surface area contributed by atoms with Crippen LogP contribution in [0.5, 0.6) is 0 Å². The second-order valence-electron chi connectivity index (χ2n) is 5.09. The normalized spacial score (nSPS) is 11.2. The Labute approximate surface area is 146 Å². The Morgan fingerprint density at radius 1 is 1.08 bits per heavy atom. The number of carbonyl (C=O) groups is 1. The number of benzene rings is 2. The van der Waals surface area contributed by atoms with E-state index in [1.165, 1.54) is 11.8 Å². The van der Waals surface area contributed by atoms with Gasteiger partial charge in [-0.1, -0.05) is 36.0 Å². The molecule has 4 aromatic rings. The summed E-state index contributed by atoms with van der Waals surface area (Å²) in [4.78, 5) is 20.8. The quantitative estimate of drug-likeness (QED) is 0.551. The predicted octanol–water partition coefficient (Wildman–Crippen LogP) is 3.85. The average molecular weight is 355 g/mol. The molecular formula is C17H13N3O2S2. The summed E-state index contributed by atoms with van der Waals surface area (Å²) in [6.07, 6.45) is 0. The van der Waals surface area contributed by atoms with Crippen LogP contribution in [0.2, 0.25) is 0 Å². The molecule has 2 heterocycles. The first-order valence-corrected chi connectivity index (χ1v) is 9.18. The Hall–Kier alpha value is -2.38. The molecule has 0 unspecified atom stereocenters. The molecule has 0 fully saturated rings. The van der Waals surface area contributed by atoms with Gasteiger partial charge in [-0.25, -0.2) is 9.97 Å². The number of fused-ring (bicyclic) bond motifs is 2. The van der Waals surface area contributed by atoms with E-state index < -0.39 is 0 Å². The molecule has 24 heavy (non-hydrogen) atoms. The zero-order chi connectivity index (χ0) is 16.4. The first-order valence-electron chi connectivity index (χ1n) is 7.37. The highest BCUT2D eigenvalue weighted by Gasteiger charge is 2.10. The number of nitrogens with zero attached hydrogens (tertiary/aromatic N) is 2. The number of carbonyl (C=O) groups excluding carboxylic acids is 1. The molecule has 120 valence electrons. The molecule has 0 bridgehead atoms. The van der Waals surface area contributed by atoms with Gasteiger partial charge in [-0.15, -0.1) is 11.3 Å². The van der Waals surface area contributed by atoms with Gasteiger partial charge in [0, 0.05) is 0 Å². The first kappa shape index (κ1) is 15.2. The predicted molar refractivity (Wildman–Crippen MR) is 96.2 cm³/mol. The van der Waals surface area contributed by atoms with Crippen LogP contribution in [0.15, 0.2) is 58.2 Å². The molecule has 0 radical (unpaired) electrons. The minimum Gasteiger partial charge on any atom is -0.431 e. The maximum Gasteiger partial charge on any atom is 0.257 e. The third-order valence-corrected chi connectivity index (χ3v) is 5.24. The van der Waals surface area contributed by atoms with Crippen LogP contribution in [0, 0.1) is 0 Å². The van der Waals surface area contributed by atoms with Crippen molar-refractivity contribution >= 4 is 50.3 Å². The fourth-order valence-corrected chi connectivity index (χ4v) is 3.84. The minimum atomic E-state index is -0.0680. The Balaban J connectivity index is 1.33. The van der Waals surface area contributed by atoms with Crippen molar-refractivity contribution in [1.82, 2.24) is 15.3 Å². The van der Waals surface area contributed by atoms with Gasteiger partial charge in [0.2, 0.25) is 5.91 Å². The van der Waals surface area contributed by atoms with Crippen molar-refractivity contribution in [3.8, 4) is 0 Å². The smallest absolute Gasteiger partial charge is 0.257 e. The minimum absolute atomic E-state index is 0.0680. The summed E-state index contributed by atoms with van der Waals surface area (Å²) in [5.41, 5.74) is 2.50. The molecule has 0 saturated carbocycles. The molecule has 0 saturated heterocycles. The highest BCUT2D eigenvalue weighted by molar-refractivity contribution is 7.99. The average Bonchev–Trinajstić information content (AvgIpc) is 3.21. The fourth-order valence-electron chi connectivity index (χ4n) is 2.26. The van der Waals surface area contributed by atoms with Gasteiger partial charge in [-0.2, -0.15) is 0 Å². The Morgan fingerprint density at radius 2 is 1.88 bits per heavy atom. The van der Waals surface area contributed by atoms with Crippen molar-refractivity contribution in [2.24, 2.45) is 0 Å². The van der Waals surface area contributed by atoms with Crippen LogP contribution in [0.25, 0.3) is 21.3 Å². The molecule has 0 aliphatic heterocycles. The Morgan fingerprint density at radius 3 is 2.71 bits per heavy atom. The van der Waals surface area contributed by atoms with Crippen molar-refractivity contribution in [3.63, 3.8) is 0 Å². The van der Waals surface area contributed by atoms with Gasteiger partial charge in [-0.3, -0.25) is 4.79 Å². The van der Waals surface area contributed by atoms with Gasteiger partial charge in [-0.05, 0) is 24.3 Å². The number of rotatable bonds is 5. The van der Waals surface area contributed by atoms with Crippen LogP contribution in [0.4, 0.5) is 0 Å². The molecule has 0 spiro atoms. The van der Waals surface area contributed by atoms with Gasteiger partial charge < -0.3 is 9.73 Å². The van der Waals surface area contributed by atoms with E-state index in [2.05, 4.69) is 15.3 Å². The van der Waals surface area contributed by atoms with Crippen LogP contribution in [-0.2, 0) is 11.3 Å². The van der Waals surface area contributed by atoms with Crippen LogP contribution >= 0.6 is 23.1 Å². The fraction of sp³-hybridized carbons (Fsp3) is 0.118. The molecule has 2 aromatic carbocycles. The summed E-state index contributed by atoms with van der Waals surface area (Å²) in [6, 6.07) is 15.5. The van der Waals surface area contributed by atoms with Crippen molar-refractivity contribution in [1.29, 1.82) is 0 Å². The first-order chi connectivity index (χ1) is 11.8. The molecule has 0 aliphatic carbocycles. The van der Waals surface area contributed by atoms with Crippen LogP contribution in [-0.4, -0.2) is 21.6 Å². The highest BCUT2D eigenvalue weighted by atomic mass is 32.2. The van der Waals surface area contributed by atoms with E-state index in [0.29, 0.717) is 11.8 Å². The van der Waals surface area contributed by atoms with E-state index >= 15 is 0 Å². The molecule has 0 aliphatic rings. The number of amides is 1. The molecule has 4 rings (SSSR count). The third kappa shape index (κ3) is 3.27. The Bertz CT molecular complexity index is 863. The van der Waals surface area contributed by atoms with E-state index in [9.17, 15) is 4.79 Å². The van der Waals surface area contributed by atoms with Crippen LogP contribution in [0.3, 0.4) is 0 Å². The van der Waals surface area contributed by atoms with Crippen molar-refractivity contribution < 1.29 is 9.21 Å². The summed E-state index contributed by atoms with van der Waals surface area (Å²) >= 11 is 2.88. The number of thioether (sulfide) groups is 1. The zero-order valence-corrected chi connectivity index (χ0v) is 14.2. The van der Waals surface area contributed by atoms with Gasteiger partial charge in [0.15, 0.2) is 5.58 Å². The van der Waals surface area contributed by atoms with E-state index in [-0.39, 0.29) is 11.7 Å². The number of nitrogens with one attached hydrogen (secondary N) is 1. The lowest BCUT2D eigenvalue weighted by Crippen LogP contribution is -2.24. The topological polar surface area (TPSA) is 68.0 Å². The molecule has 1 amide bonds. The summed E-state index contributed by atoms with van der Waals surface area (Å²) in [7, 11) is 0. The number of hydrogen-bond acceptors (Lipinski definition) is 6. The number of aromatic nitrogens is 2. The molecule has 5 nitrogen and oxygen atoms in total. The molecule has 1 N–H and O–H groups in total. The summed E-state index contributed by atoms with van der Waals surface area (Å²) in [5.74, 6) is 0.194. The van der Waals surface area contributed by atoms with Gasteiger partial charge >= 0.3 is 0 Å². The number of oxazole rings is 1. The number of thiazole rings is 1. The largest absolute Gasteiger partial charge is 0.431 e. The van der Waals surface area contributed by atoms with Gasteiger partial charge in [0.05, 0.1) is 22.5 Å².